The van der Waals surface area contributed by atoms with Crippen molar-refractivity contribution in [3.8, 4) is 5.75 Å². The second-order valence-electron chi connectivity index (χ2n) is 6.06. The van der Waals surface area contributed by atoms with Gasteiger partial charge in [0.1, 0.15) is 5.75 Å². The van der Waals surface area contributed by atoms with Crippen LogP contribution in [-0.2, 0) is 0 Å². The topological polar surface area (TPSA) is 24.5 Å². The van der Waals surface area contributed by atoms with Crippen LogP contribution >= 0.6 is 0 Å². The number of hydrogen-bond acceptors (Lipinski definition) is 3. The molecule has 2 unspecified atom stereocenters. The van der Waals surface area contributed by atoms with Gasteiger partial charge in [-0.15, -0.1) is 0 Å². The standard InChI is InChI=1S/C16H24N2O/c1-11-4-7-15(16(8-11)19-3)17-13-9-12(2)18(10-13)14-5-6-14/h4,7-8,12-14,17H,5-6,9-10H2,1-3H3. The first-order valence-electron chi connectivity index (χ1n) is 7.34. The Kier molecular flexibility index (Phi) is 3.40. The van der Waals surface area contributed by atoms with E-state index in [1.54, 1.807) is 7.11 Å². The molecule has 1 aliphatic heterocycles. The van der Waals surface area contributed by atoms with Crippen molar-refractivity contribution >= 4 is 5.69 Å². The Morgan fingerprint density at radius 2 is 2.11 bits per heavy atom. The first-order valence-corrected chi connectivity index (χ1v) is 7.34. The third kappa shape index (κ3) is 2.71. The summed E-state index contributed by atoms with van der Waals surface area (Å²) >= 11 is 0. The monoisotopic (exact) mass is 260 g/mol. The summed E-state index contributed by atoms with van der Waals surface area (Å²) in [6.45, 7) is 5.62. The van der Waals surface area contributed by atoms with Crippen LogP contribution in [0.3, 0.4) is 0 Å². The van der Waals surface area contributed by atoms with Crippen LogP contribution in [0.1, 0.15) is 31.7 Å². The maximum atomic E-state index is 5.47. The van der Waals surface area contributed by atoms with Gasteiger partial charge in [-0.1, -0.05) is 6.07 Å². The molecule has 104 valence electrons. The summed E-state index contributed by atoms with van der Waals surface area (Å²) in [5, 5.41) is 3.66. The molecule has 2 aliphatic rings. The third-order valence-corrected chi connectivity index (χ3v) is 4.36. The predicted octanol–water partition coefficient (Wildman–Crippen LogP) is 3.04. The van der Waals surface area contributed by atoms with E-state index in [0.717, 1.165) is 17.5 Å². The Bertz CT molecular complexity index is 456. The Morgan fingerprint density at radius 3 is 2.79 bits per heavy atom. The average molecular weight is 260 g/mol. The van der Waals surface area contributed by atoms with E-state index < -0.39 is 0 Å². The highest BCUT2D eigenvalue weighted by Crippen LogP contribution is 2.35. The van der Waals surface area contributed by atoms with Crippen molar-refractivity contribution in [3.05, 3.63) is 23.8 Å². The number of rotatable bonds is 4. The lowest BCUT2D eigenvalue weighted by Crippen LogP contribution is -2.31. The van der Waals surface area contributed by atoms with Gasteiger partial charge in [-0.25, -0.2) is 0 Å². The highest BCUT2D eigenvalue weighted by Gasteiger charge is 2.38. The summed E-state index contributed by atoms with van der Waals surface area (Å²) in [5.74, 6) is 0.956. The Hall–Kier alpha value is -1.22. The lowest BCUT2D eigenvalue weighted by molar-refractivity contribution is 0.257. The van der Waals surface area contributed by atoms with E-state index in [9.17, 15) is 0 Å². The molecule has 19 heavy (non-hydrogen) atoms. The molecule has 3 heteroatoms. The summed E-state index contributed by atoms with van der Waals surface area (Å²) in [7, 11) is 1.74. The molecule has 3 rings (SSSR count). The first kappa shape index (κ1) is 12.8. The van der Waals surface area contributed by atoms with Crippen LogP contribution in [0.15, 0.2) is 18.2 Å². The molecule has 0 aromatic heterocycles. The molecule has 1 saturated heterocycles. The van der Waals surface area contributed by atoms with Crippen molar-refractivity contribution in [1.29, 1.82) is 0 Å². The van der Waals surface area contributed by atoms with Crippen molar-refractivity contribution in [2.45, 2.75) is 51.2 Å². The van der Waals surface area contributed by atoms with Gasteiger partial charge in [0.15, 0.2) is 0 Å². The minimum absolute atomic E-state index is 0.548. The number of hydrogen-bond donors (Lipinski definition) is 1. The van der Waals surface area contributed by atoms with Crippen molar-refractivity contribution in [3.63, 3.8) is 0 Å². The highest BCUT2D eigenvalue weighted by molar-refractivity contribution is 5.58. The molecule has 0 radical (unpaired) electrons. The van der Waals surface area contributed by atoms with E-state index in [-0.39, 0.29) is 0 Å². The van der Waals surface area contributed by atoms with Crippen LogP contribution in [0.25, 0.3) is 0 Å². The van der Waals surface area contributed by atoms with Crippen LogP contribution in [0.5, 0.6) is 5.75 Å². The lowest BCUT2D eigenvalue weighted by atomic mass is 10.1. The van der Waals surface area contributed by atoms with E-state index in [4.69, 9.17) is 4.74 Å². The Morgan fingerprint density at radius 1 is 1.32 bits per heavy atom. The lowest BCUT2D eigenvalue weighted by Gasteiger charge is -2.20. The second-order valence-corrected chi connectivity index (χ2v) is 6.06. The molecule has 1 N–H and O–H groups in total. The smallest absolute Gasteiger partial charge is 0.142 e. The summed E-state index contributed by atoms with van der Waals surface area (Å²) < 4.78 is 5.47. The van der Waals surface area contributed by atoms with Gasteiger partial charge in [-0.3, -0.25) is 4.90 Å². The van der Waals surface area contributed by atoms with Gasteiger partial charge in [0.25, 0.3) is 0 Å². The van der Waals surface area contributed by atoms with Crippen LogP contribution in [0.4, 0.5) is 5.69 Å². The zero-order valence-corrected chi connectivity index (χ0v) is 12.1. The molecule has 0 amide bonds. The van der Waals surface area contributed by atoms with E-state index in [0.29, 0.717) is 12.1 Å². The number of likely N-dealkylation sites (tertiary alicyclic amines) is 1. The number of methoxy groups -OCH3 is 1. The summed E-state index contributed by atoms with van der Waals surface area (Å²) in [4.78, 5) is 2.67. The van der Waals surface area contributed by atoms with E-state index in [1.807, 2.05) is 0 Å². The summed E-state index contributed by atoms with van der Waals surface area (Å²) in [5.41, 5.74) is 2.37. The first-order chi connectivity index (χ1) is 9.17. The van der Waals surface area contributed by atoms with E-state index in [1.165, 1.54) is 31.4 Å². The van der Waals surface area contributed by atoms with Crippen molar-refractivity contribution in [2.75, 3.05) is 19.0 Å². The molecular weight excluding hydrogens is 236 g/mol. The second kappa shape index (κ2) is 5.04. The zero-order chi connectivity index (χ0) is 13.4. The molecule has 1 aliphatic carbocycles. The highest BCUT2D eigenvalue weighted by atomic mass is 16.5. The minimum Gasteiger partial charge on any atom is -0.495 e. The van der Waals surface area contributed by atoms with Gasteiger partial charge in [-0.2, -0.15) is 0 Å². The Labute approximate surface area is 115 Å². The maximum absolute atomic E-state index is 5.47. The SMILES string of the molecule is COc1cc(C)ccc1NC1CC(C)N(C2CC2)C1. The molecule has 1 aromatic rings. The molecular formula is C16H24N2O. The molecule has 2 atom stereocenters. The molecule has 1 aromatic carbocycles. The quantitative estimate of drug-likeness (QED) is 0.900. The molecule has 3 nitrogen and oxygen atoms in total. The zero-order valence-electron chi connectivity index (χ0n) is 12.1. The number of aryl methyl sites for hydroxylation is 1. The maximum Gasteiger partial charge on any atom is 0.142 e. The Balaban J connectivity index is 1.68. The minimum atomic E-state index is 0.548. The molecule has 2 fully saturated rings. The third-order valence-electron chi connectivity index (χ3n) is 4.36. The number of nitrogens with one attached hydrogen (secondary N) is 1. The van der Waals surface area contributed by atoms with Gasteiger partial charge < -0.3 is 10.1 Å². The number of benzene rings is 1. The fourth-order valence-electron chi connectivity index (χ4n) is 3.21. The molecule has 1 heterocycles. The summed E-state index contributed by atoms with van der Waals surface area (Å²) in [6.07, 6.45) is 4.02. The number of nitrogens with zero attached hydrogens (tertiary/aromatic N) is 1. The van der Waals surface area contributed by atoms with Gasteiger partial charge in [0, 0.05) is 24.7 Å². The molecule has 1 saturated carbocycles. The van der Waals surface area contributed by atoms with E-state index >= 15 is 0 Å². The number of anilines is 1. The fraction of sp³-hybridized carbons (Fsp3) is 0.625. The normalized spacial score (nSPS) is 27.5. The fourth-order valence-corrected chi connectivity index (χ4v) is 3.21. The molecule has 0 spiro atoms. The van der Waals surface area contributed by atoms with Crippen LogP contribution < -0.4 is 10.1 Å². The van der Waals surface area contributed by atoms with Crippen LogP contribution in [-0.4, -0.2) is 36.7 Å². The van der Waals surface area contributed by atoms with Crippen molar-refractivity contribution < 1.29 is 4.74 Å². The van der Waals surface area contributed by atoms with Crippen molar-refractivity contribution in [1.82, 2.24) is 4.90 Å². The molecule has 0 bridgehead atoms. The predicted molar refractivity (Wildman–Crippen MR) is 78.9 cm³/mol. The van der Waals surface area contributed by atoms with Gasteiger partial charge >= 0.3 is 0 Å². The number of ether oxygens (including phenoxy) is 1. The van der Waals surface area contributed by atoms with Gasteiger partial charge in [0.05, 0.1) is 12.8 Å². The van der Waals surface area contributed by atoms with Crippen LogP contribution in [0, 0.1) is 6.92 Å². The average Bonchev–Trinajstić information content (AvgIpc) is 3.16. The van der Waals surface area contributed by atoms with E-state index in [2.05, 4.69) is 42.3 Å². The van der Waals surface area contributed by atoms with Crippen LogP contribution in [0.2, 0.25) is 0 Å². The van der Waals surface area contributed by atoms with Gasteiger partial charge in [-0.05, 0) is 50.8 Å². The van der Waals surface area contributed by atoms with Crippen molar-refractivity contribution in [2.24, 2.45) is 0 Å². The summed E-state index contributed by atoms with van der Waals surface area (Å²) in [6, 6.07) is 8.50. The largest absolute Gasteiger partial charge is 0.495 e. The van der Waals surface area contributed by atoms with Gasteiger partial charge in [0.2, 0.25) is 0 Å².